The summed E-state index contributed by atoms with van der Waals surface area (Å²) in [6.07, 6.45) is 5.21. The highest BCUT2D eigenvalue weighted by Crippen LogP contribution is 2.39. The summed E-state index contributed by atoms with van der Waals surface area (Å²) in [6, 6.07) is 7.88. The zero-order chi connectivity index (χ0) is 11.1. The number of likely N-dealkylation sites (tertiary alicyclic amines) is 1. The molecule has 0 bridgehead atoms. The Morgan fingerprint density at radius 3 is 2.94 bits per heavy atom. The van der Waals surface area contributed by atoms with Gasteiger partial charge in [0, 0.05) is 17.8 Å². The summed E-state index contributed by atoms with van der Waals surface area (Å²) in [5.41, 5.74) is 9.76. The van der Waals surface area contributed by atoms with E-state index in [1.165, 1.54) is 43.4 Å². The molecule has 1 aromatic rings. The number of nitrogens with zero attached hydrogens (tertiary/aromatic N) is 1. The Kier molecular flexibility index (Phi) is 2.40. The lowest BCUT2D eigenvalue weighted by atomic mass is 10.1. The first-order chi connectivity index (χ1) is 7.75. The van der Waals surface area contributed by atoms with E-state index in [1.54, 1.807) is 0 Å². The van der Waals surface area contributed by atoms with Crippen molar-refractivity contribution in [2.24, 2.45) is 0 Å². The van der Waals surface area contributed by atoms with Crippen LogP contribution in [0.1, 0.15) is 43.4 Å². The van der Waals surface area contributed by atoms with Crippen molar-refractivity contribution in [3.05, 3.63) is 29.3 Å². The average Bonchev–Trinajstić information content (AvgIpc) is 2.83. The SMILES string of the molecule is CC1CCCN1C1CCc2cc(N)ccc21. The van der Waals surface area contributed by atoms with Crippen molar-refractivity contribution < 1.29 is 0 Å². The Balaban J connectivity index is 1.91. The molecule has 0 amide bonds. The summed E-state index contributed by atoms with van der Waals surface area (Å²) in [7, 11) is 0. The molecule has 1 aliphatic heterocycles. The summed E-state index contributed by atoms with van der Waals surface area (Å²) >= 11 is 0. The Labute approximate surface area is 97.4 Å². The number of nitrogen functional groups attached to an aromatic ring is 1. The maximum absolute atomic E-state index is 5.84. The number of hydrogen-bond acceptors (Lipinski definition) is 2. The zero-order valence-electron chi connectivity index (χ0n) is 9.95. The molecule has 1 saturated heterocycles. The third kappa shape index (κ3) is 1.52. The quantitative estimate of drug-likeness (QED) is 0.731. The predicted octanol–water partition coefficient (Wildman–Crippen LogP) is 2.74. The number of benzene rings is 1. The first-order valence-electron chi connectivity index (χ1n) is 6.40. The first kappa shape index (κ1) is 10.2. The van der Waals surface area contributed by atoms with Crippen LogP contribution in [-0.4, -0.2) is 17.5 Å². The average molecular weight is 216 g/mol. The number of rotatable bonds is 1. The van der Waals surface area contributed by atoms with E-state index in [2.05, 4.69) is 30.0 Å². The van der Waals surface area contributed by atoms with E-state index in [0.717, 1.165) is 11.7 Å². The Morgan fingerprint density at radius 2 is 2.19 bits per heavy atom. The van der Waals surface area contributed by atoms with Crippen LogP contribution in [0.25, 0.3) is 0 Å². The van der Waals surface area contributed by atoms with Gasteiger partial charge in [0.15, 0.2) is 0 Å². The molecule has 2 atom stereocenters. The fourth-order valence-corrected chi connectivity index (χ4v) is 3.38. The van der Waals surface area contributed by atoms with Crippen LogP contribution in [0.4, 0.5) is 5.69 Å². The van der Waals surface area contributed by atoms with Gasteiger partial charge in [-0.25, -0.2) is 0 Å². The van der Waals surface area contributed by atoms with Gasteiger partial charge in [-0.1, -0.05) is 6.07 Å². The Hall–Kier alpha value is -1.02. The van der Waals surface area contributed by atoms with Crippen molar-refractivity contribution in [3.63, 3.8) is 0 Å². The van der Waals surface area contributed by atoms with Crippen molar-refractivity contribution in [2.45, 2.75) is 44.7 Å². The smallest absolute Gasteiger partial charge is 0.0356 e. The van der Waals surface area contributed by atoms with Crippen LogP contribution in [0.2, 0.25) is 0 Å². The van der Waals surface area contributed by atoms with E-state index in [9.17, 15) is 0 Å². The zero-order valence-corrected chi connectivity index (χ0v) is 9.95. The molecule has 1 aliphatic carbocycles. The summed E-state index contributed by atoms with van der Waals surface area (Å²) in [4.78, 5) is 2.68. The highest BCUT2D eigenvalue weighted by molar-refractivity contribution is 5.47. The molecule has 0 aromatic heterocycles. The Bertz CT molecular complexity index is 400. The van der Waals surface area contributed by atoms with E-state index in [0.29, 0.717) is 6.04 Å². The van der Waals surface area contributed by atoms with Crippen molar-refractivity contribution in [1.82, 2.24) is 4.90 Å². The second kappa shape index (κ2) is 3.77. The maximum Gasteiger partial charge on any atom is 0.0356 e. The number of nitrogens with two attached hydrogens (primary N) is 1. The van der Waals surface area contributed by atoms with Crippen LogP contribution >= 0.6 is 0 Å². The molecule has 16 heavy (non-hydrogen) atoms. The largest absolute Gasteiger partial charge is 0.399 e. The van der Waals surface area contributed by atoms with Gasteiger partial charge in [0.2, 0.25) is 0 Å². The second-order valence-electron chi connectivity index (χ2n) is 5.24. The lowest BCUT2D eigenvalue weighted by Gasteiger charge is -2.29. The van der Waals surface area contributed by atoms with Gasteiger partial charge in [-0.3, -0.25) is 4.90 Å². The molecule has 1 heterocycles. The van der Waals surface area contributed by atoms with E-state index in [1.807, 2.05) is 0 Å². The van der Waals surface area contributed by atoms with Crippen LogP contribution in [0.5, 0.6) is 0 Å². The van der Waals surface area contributed by atoms with E-state index in [4.69, 9.17) is 5.73 Å². The molecule has 2 aliphatic rings. The van der Waals surface area contributed by atoms with Gasteiger partial charge in [0.05, 0.1) is 0 Å². The number of aryl methyl sites for hydroxylation is 1. The lowest BCUT2D eigenvalue weighted by molar-refractivity contribution is 0.190. The van der Waals surface area contributed by atoms with Gasteiger partial charge in [-0.15, -0.1) is 0 Å². The Morgan fingerprint density at radius 1 is 1.31 bits per heavy atom. The standard InChI is InChI=1S/C14H20N2/c1-10-3-2-8-16(10)14-7-4-11-9-12(15)5-6-13(11)14/h5-6,9-10,14H,2-4,7-8,15H2,1H3. The third-order valence-corrected chi connectivity index (χ3v) is 4.22. The maximum atomic E-state index is 5.84. The van der Waals surface area contributed by atoms with Crippen molar-refractivity contribution >= 4 is 5.69 Å². The van der Waals surface area contributed by atoms with Gasteiger partial charge < -0.3 is 5.73 Å². The summed E-state index contributed by atoms with van der Waals surface area (Å²) in [5.74, 6) is 0. The van der Waals surface area contributed by atoms with Crippen LogP contribution in [-0.2, 0) is 6.42 Å². The van der Waals surface area contributed by atoms with Crippen molar-refractivity contribution in [2.75, 3.05) is 12.3 Å². The number of fused-ring (bicyclic) bond motifs is 1. The molecular formula is C14H20N2. The molecule has 0 spiro atoms. The number of hydrogen-bond donors (Lipinski definition) is 1. The molecule has 1 aromatic carbocycles. The highest BCUT2D eigenvalue weighted by Gasteiger charge is 2.32. The second-order valence-corrected chi connectivity index (χ2v) is 5.24. The number of anilines is 1. The molecule has 2 N–H and O–H groups in total. The van der Waals surface area contributed by atoms with Crippen LogP contribution in [0, 0.1) is 0 Å². The van der Waals surface area contributed by atoms with Crippen molar-refractivity contribution in [1.29, 1.82) is 0 Å². The van der Waals surface area contributed by atoms with Gasteiger partial charge in [0.1, 0.15) is 0 Å². The van der Waals surface area contributed by atoms with Gasteiger partial charge in [-0.2, -0.15) is 0 Å². The highest BCUT2D eigenvalue weighted by atomic mass is 15.2. The minimum Gasteiger partial charge on any atom is -0.399 e. The monoisotopic (exact) mass is 216 g/mol. The molecule has 3 rings (SSSR count). The molecule has 2 nitrogen and oxygen atoms in total. The van der Waals surface area contributed by atoms with E-state index >= 15 is 0 Å². The van der Waals surface area contributed by atoms with Gasteiger partial charge in [-0.05, 0) is 62.4 Å². The lowest BCUT2D eigenvalue weighted by Crippen LogP contribution is -2.30. The molecular weight excluding hydrogens is 196 g/mol. The van der Waals surface area contributed by atoms with Gasteiger partial charge in [0.25, 0.3) is 0 Å². The summed E-state index contributed by atoms with van der Waals surface area (Å²) in [5, 5.41) is 0. The normalized spacial score (nSPS) is 29.6. The van der Waals surface area contributed by atoms with E-state index in [-0.39, 0.29) is 0 Å². The molecule has 1 fully saturated rings. The minimum atomic E-state index is 0.660. The fourth-order valence-electron chi connectivity index (χ4n) is 3.38. The van der Waals surface area contributed by atoms with Crippen molar-refractivity contribution in [3.8, 4) is 0 Å². The van der Waals surface area contributed by atoms with Crippen LogP contribution < -0.4 is 5.73 Å². The van der Waals surface area contributed by atoms with Crippen LogP contribution in [0.3, 0.4) is 0 Å². The molecule has 0 radical (unpaired) electrons. The molecule has 2 heteroatoms. The third-order valence-electron chi connectivity index (χ3n) is 4.22. The van der Waals surface area contributed by atoms with Crippen LogP contribution in [0.15, 0.2) is 18.2 Å². The fraction of sp³-hybridized carbons (Fsp3) is 0.571. The topological polar surface area (TPSA) is 29.3 Å². The molecule has 2 unspecified atom stereocenters. The van der Waals surface area contributed by atoms with Gasteiger partial charge >= 0.3 is 0 Å². The summed E-state index contributed by atoms with van der Waals surface area (Å²) < 4.78 is 0. The minimum absolute atomic E-state index is 0.660. The molecule has 86 valence electrons. The molecule has 0 saturated carbocycles. The van der Waals surface area contributed by atoms with E-state index < -0.39 is 0 Å². The summed E-state index contributed by atoms with van der Waals surface area (Å²) in [6.45, 7) is 3.64. The predicted molar refractivity (Wildman–Crippen MR) is 67.3 cm³/mol. The first-order valence-corrected chi connectivity index (χ1v) is 6.40.